The van der Waals surface area contributed by atoms with Gasteiger partial charge in [0.25, 0.3) is 0 Å². The zero-order chi connectivity index (χ0) is 15.8. The van der Waals surface area contributed by atoms with E-state index in [4.69, 9.17) is 0 Å². The summed E-state index contributed by atoms with van der Waals surface area (Å²) in [5.41, 5.74) is 0.274. The summed E-state index contributed by atoms with van der Waals surface area (Å²) in [7, 11) is 1.60. The molecule has 0 heterocycles. The minimum Gasteiger partial charge on any atom is -0.504 e. The van der Waals surface area contributed by atoms with Crippen molar-refractivity contribution >= 4 is 11.7 Å². The summed E-state index contributed by atoms with van der Waals surface area (Å²) in [6.45, 7) is 2.08. The van der Waals surface area contributed by atoms with Gasteiger partial charge in [0.05, 0.1) is 6.54 Å². The van der Waals surface area contributed by atoms with E-state index in [0.717, 1.165) is 25.7 Å². The maximum absolute atomic E-state index is 12.0. The highest BCUT2D eigenvalue weighted by Crippen LogP contribution is 2.25. The van der Waals surface area contributed by atoms with Crippen LogP contribution in [0.25, 0.3) is 0 Å². The molecule has 0 saturated heterocycles. The van der Waals surface area contributed by atoms with Crippen molar-refractivity contribution in [1.29, 1.82) is 0 Å². The van der Waals surface area contributed by atoms with Crippen LogP contribution in [0.2, 0.25) is 0 Å². The van der Waals surface area contributed by atoms with Gasteiger partial charge in [-0.2, -0.15) is 0 Å². The van der Waals surface area contributed by atoms with Crippen LogP contribution in [0.5, 0.6) is 11.5 Å². The van der Waals surface area contributed by atoms with Gasteiger partial charge < -0.3 is 15.1 Å². The minimum absolute atomic E-state index is 0.0309. The molecule has 5 nitrogen and oxygen atoms in total. The summed E-state index contributed by atoms with van der Waals surface area (Å²) in [5.74, 6) is -0.932. The highest BCUT2D eigenvalue weighted by molar-refractivity contribution is 5.99. The first-order chi connectivity index (χ1) is 9.95. The van der Waals surface area contributed by atoms with E-state index in [-0.39, 0.29) is 35.3 Å². The Balaban J connectivity index is 2.49. The van der Waals surface area contributed by atoms with Crippen molar-refractivity contribution < 1.29 is 19.8 Å². The molecule has 0 aromatic heterocycles. The molecule has 0 saturated carbocycles. The first kappa shape index (κ1) is 17.0. The molecule has 1 aromatic carbocycles. The van der Waals surface area contributed by atoms with Gasteiger partial charge in [-0.3, -0.25) is 9.59 Å². The van der Waals surface area contributed by atoms with Crippen molar-refractivity contribution in [2.75, 3.05) is 13.6 Å². The van der Waals surface area contributed by atoms with Crippen molar-refractivity contribution in [3.63, 3.8) is 0 Å². The molecule has 1 aromatic rings. The molecular weight excluding hydrogens is 270 g/mol. The minimum atomic E-state index is -0.339. The normalized spacial score (nSPS) is 10.4. The molecule has 116 valence electrons. The second kappa shape index (κ2) is 8.29. The van der Waals surface area contributed by atoms with Crippen molar-refractivity contribution in [3.05, 3.63) is 23.8 Å². The van der Waals surface area contributed by atoms with Crippen LogP contribution in [0.15, 0.2) is 18.2 Å². The average Bonchev–Trinajstić information content (AvgIpc) is 2.46. The molecule has 0 aliphatic rings. The summed E-state index contributed by atoms with van der Waals surface area (Å²) in [6.07, 6.45) is 4.54. The Kier molecular flexibility index (Phi) is 6.72. The van der Waals surface area contributed by atoms with E-state index in [0.29, 0.717) is 6.42 Å². The Morgan fingerprint density at radius 3 is 2.43 bits per heavy atom. The number of unbranched alkanes of at least 4 members (excludes halogenated alkanes) is 3. The van der Waals surface area contributed by atoms with E-state index in [9.17, 15) is 19.8 Å². The monoisotopic (exact) mass is 293 g/mol. The molecule has 0 atom stereocenters. The van der Waals surface area contributed by atoms with Gasteiger partial charge in [0.15, 0.2) is 17.3 Å². The van der Waals surface area contributed by atoms with Crippen molar-refractivity contribution in [3.8, 4) is 11.5 Å². The van der Waals surface area contributed by atoms with Gasteiger partial charge in [0.1, 0.15) is 0 Å². The number of carbonyl (C=O) groups is 2. The molecule has 0 bridgehead atoms. The van der Waals surface area contributed by atoms with Gasteiger partial charge in [-0.05, 0) is 24.6 Å². The number of likely N-dealkylation sites (N-methyl/N-ethyl adjacent to an activating group) is 1. The van der Waals surface area contributed by atoms with E-state index < -0.39 is 0 Å². The Morgan fingerprint density at radius 1 is 1.10 bits per heavy atom. The fourth-order valence-corrected chi connectivity index (χ4v) is 1.99. The molecule has 21 heavy (non-hydrogen) atoms. The second-order valence-corrected chi connectivity index (χ2v) is 5.19. The molecule has 1 amide bonds. The fraction of sp³-hybridized carbons (Fsp3) is 0.500. The average molecular weight is 293 g/mol. The molecule has 1 rings (SSSR count). The van der Waals surface area contributed by atoms with Gasteiger partial charge in [-0.15, -0.1) is 0 Å². The largest absolute Gasteiger partial charge is 0.504 e. The van der Waals surface area contributed by atoms with Gasteiger partial charge in [0, 0.05) is 19.0 Å². The van der Waals surface area contributed by atoms with Crippen LogP contribution in [0.4, 0.5) is 0 Å². The third kappa shape index (κ3) is 5.45. The van der Waals surface area contributed by atoms with Crippen molar-refractivity contribution in [1.82, 2.24) is 4.90 Å². The van der Waals surface area contributed by atoms with Gasteiger partial charge in [-0.25, -0.2) is 0 Å². The number of amides is 1. The molecule has 0 spiro atoms. The van der Waals surface area contributed by atoms with Crippen LogP contribution in [-0.4, -0.2) is 40.4 Å². The van der Waals surface area contributed by atoms with E-state index in [1.807, 2.05) is 0 Å². The number of rotatable bonds is 8. The summed E-state index contributed by atoms with van der Waals surface area (Å²) >= 11 is 0. The van der Waals surface area contributed by atoms with Crippen molar-refractivity contribution in [2.24, 2.45) is 0 Å². The lowest BCUT2D eigenvalue weighted by atomic mass is 10.1. The van der Waals surface area contributed by atoms with Gasteiger partial charge in [-0.1, -0.05) is 26.2 Å². The van der Waals surface area contributed by atoms with Crippen LogP contribution < -0.4 is 0 Å². The number of Topliss-reactive ketones (excluding diaryl/α,β-unsaturated/α-hetero) is 1. The molecule has 2 N–H and O–H groups in total. The number of hydrogen-bond acceptors (Lipinski definition) is 4. The van der Waals surface area contributed by atoms with Crippen LogP contribution in [-0.2, 0) is 4.79 Å². The highest BCUT2D eigenvalue weighted by Gasteiger charge is 2.15. The number of carbonyl (C=O) groups excluding carboxylic acids is 2. The van der Waals surface area contributed by atoms with Crippen LogP contribution in [0, 0.1) is 0 Å². The number of phenolic OH excluding ortho intramolecular Hbond substituents is 2. The van der Waals surface area contributed by atoms with Crippen LogP contribution in [0.1, 0.15) is 49.4 Å². The predicted molar refractivity (Wildman–Crippen MR) is 80.5 cm³/mol. The highest BCUT2D eigenvalue weighted by atomic mass is 16.3. The number of hydrogen-bond donors (Lipinski definition) is 2. The summed E-state index contributed by atoms with van der Waals surface area (Å²) in [6, 6.07) is 3.89. The smallest absolute Gasteiger partial charge is 0.222 e. The third-order valence-corrected chi connectivity index (χ3v) is 3.35. The maximum atomic E-state index is 12.0. The number of benzene rings is 1. The third-order valence-electron chi connectivity index (χ3n) is 3.35. The second-order valence-electron chi connectivity index (χ2n) is 5.19. The zero-order valence-electron chi connectivity index (χ0n) is 12.6. The van der Waals surface area contributed by atoms with Crippen LogP contribution in [0.3, 0.4) is 0 Å². The predicted octanol–water partition coefficient (Wildman–Crippen LogP) is 2.71. The van der Waals surface area contributed by atoms with E-state index in [2.05, 4.69) is 6.92 Å². The Hall–Kier alpha value is -2.04. The zero-order valence-corrected chi connectivity index (χ0v) is 12.6. The molecule has 0 aliphatic carbocycles. The standard InChI is InChI=1S/C16H23NO4/c1-3-4-5-6-7-16(21)17(2)11-15(20)12-8-9-13(18)14(19)10-12/h8-10,18-19H,3-7,11H2,1-2H3. The SMILES string of the molecule is CCCCCCC(=O)N(C)CC(=O)c1ccc(O)c(O)c1. The number of nitrogens with zero attached hydrogens (tertiary/aromatic N) is 1. The topological polar surface area (TPSA) is 77.8 Å². The first-order valence-corrected chi connectivity index (χ1v) is 7.24. The van der Waals surface area contributed by atoms with Crippen molar-refractivity contribution in [2.45, 2.75) is 39.0 Å². The number of aromatic hydroxyl groups is 2. The molecule has 0 unspecified atom stereocenters. The lowest BCUT2D eigenvalue weighted by Crippen LogP contribution is -2.31. The Bertz CT molecular complexity index is 499. The molecule has 0 radical (unpaired) electrons. The lowest BCUT2D eigenvalue weighted by molar-refractivity contribution is -0.129. The molecule has 5 heteroatoms. The first-order valence-electron chi connectivity index (χ1n) is 7.24. The lowest BCUT2D eigenvalue weighted by Gasteiger charge is -2.16. The quantitative estimate of drug-likeness (QED) is 0.439. The molecule has 0 aliphatic heterocycles. The van der Waals surface area contributed by atoms with E-state index in [1.54, 1.807) is 7.05 Å². The summed E-state index contributed by atoms with van der Waals surface area (Å²) in [4.78, 5) is 25.3. The summed E-state index contributed by atoms with van der Waals surface area (Å²) in [5, 5.41) is 18.6. The molecular formula is C16H23NO4. The number of phenols is 2. The Morgan fingerprint density at radius 2 is 1.81 bits per heavy atom. The molecule has 0 fully saturated rings. The Labute approximate surface area is 125 Å². The number of ketones is 1. The summed E-state index contributed by atoms with van der Waals surface area (Å²) < 4.78 is 0. The van der Waals surface area contributed by atoms with E-state index in [1.165, 1.54) is 23.1 Å². The fourth-order valence-electron chi connectivity index (χ4n) is 1.99. The van der Waals surface area contributed by atoms with Crippen LogP contribution >= 0.6 is 0 Å². The van der Waals surface area contributed by atoms with Gasteiger partial charge in [0.2, 0.25) is 5.91 Å². The van der Waals surface area contributed by atoms with E-state index >= 15 is 0 Å². The van der Waals surface area contributed by atoms with Gasteiger partial charge >= 0.3 is 0 Å². The maximum Gasteiger partial charge on any atom is 0.222 e.